The first kappa shape index (κ1) is 23.6. The highest BCUT2D eigenvalue weighted by Crippen LogP contribution is 2.27. The number of thiocarbonyl (C=S) groups is 1. The molecule has 0 spiro atoms. The summed E-state index contributed by atoms with van der Waals surface area (Å²) in [4.78, 5) is 27.6. The molecule has 1 aliphatic rings. The smallest absolute Gasteiger partial charge is 0.270 e. The van der Waals surface area contributed by atoms with Crippen molar-refractivity contribution in [1.82, 2.24) is 9.88 Å². The third kappa shape index (κ3) is 4.21. The van der Waals surface area contributed by atoms with Crippen LogP contribution in [0.3, 0.4) is 0 Å². The Hall–Kier alpha value is -3.51. The van der Waals surface area contributed by atoms with Gasteiger partial charge in [0.2, 0.25) is 0 Å². The molecule has 0 bridgehead atoms. The average molecular weight is 472 g/mol. The minimum Gasteiger partial charge on any atom is -0.318 e. The van der Waals surface area contributed by atoms with Crippen molar-refractivity contribution in [3.8, 4) is 5.69 Å². The highest BCUT2D eigenvalue weighted by atomic mass is 32.1. The Morgan fingerprint density at radius 1 is 0.882 bits per heavy atom. The van der Waals surface area contributed by atoms with Crippen LogP contribution in [-0.4, -0.2) is 21.5 Å². The van der Waals surface area contributed by atoms with Gasteiger partial charge >= 0.3 is 0 Å². The molecule has 6 heteroatoms. The number of carbonyl (C=O) groups is 2. The van der Waals surface area contributed by atoms with Crippen molar-refractivity contribution in [2.45, 2.75) is 47.5 Å². The fraction of sp³-hybridized carbons (Fsp3) is 0.250. The van der Waals surface area contributed by atoms with Crippen LogP contribution in [-0.2, 0) is 9.59 Å². The minimum absolute atomic E-state index is 0.0573. The lowest BCUT2D eigenvalue weighted by molar-refractivity contribution is -0.122. The van der Waals surface area contributed by atoms with Gasteiger partial charge in [-0.3, -0.25) is 19.8 Å². The summed E-state index contributed by atoms with van der Waals surface area (Å²) in [5.74, 6) is -0.538. The molecule has 0 saturated carbocycles. The lowest BCUT2D eigenvalue weighted by atomic mass is 10.0. The monoisotopic (exact) mass is 471 g/mol. The summed E-state index contributed by atoms with van der Waals surface area (Å²) < 4.78 is 2.14. The summed E-state index contributed by atoms with van der Waals surface area (Å²) in [5, 5.41) is 2.76. The van der Waals surface area contributed by atoms with E-state index in [4.69, 9.17) is 12.2 Å². The highest BCUT2D eigenvalue weighted by Gasteiger charge is 2.34. The van der Waals surface area contributed by atoms with Crippen molar-refractivity contribution in [3.63, 3.8) is 0 Å². The van der Waals surface area contributed by atoms with Crippen LogP contribution in [0.15, 0.2) is 54.1 Å². The van der Waals surface area contributed by atoms with Gasteiger partial charge in [0.1, 0.15) is 5.57 Å². The van der Waals surface area contributed by atoms with Crippen LogP contribution in [0.25, 0.3) is 11.8 Å². The number of hydrogen-bond acceptors (Lipinski definition) is 3. The first-order chi connectivity index (χ1) is 16.1. The number of carbonyl (C=O) groups excluding carboxylic acids is 2. The van der Waals surface area contributed by atoms with Gasteiger partial charge in [-0.1, -0.05) is 32.0 Å². The van der Waals surface area contributed by atoms with E-state index in [1.54, 1.807) is 6.08 Å². The fourth-order valence-corrected chi connectivity index (χ4v) is 4.53. The van der Waals surface area contributed by atoms with E-state index in [2.05, 4.69) is 55.8 Å². The summed E-state index contributed by atoms with van der Waals surface area (Å²) in [6, 6.07) is 16.0. The average Bonchev–Trinajstić information content (AvgIpc) is 3.06. The Labute approximate surface area is 206 Å². The molecule has 0 atom stereocenters. The SMILES string of the molecule is Cc1ccc(-n2c(C)cc(/C=C3\C(=O)NC(=S)N(c4ccc(C(C)C)cc4)C3=O)c2C)cc1C. The first-order valence-electron chi connectivity index (χ1n) is 11.4. The van der Waals surface area contributed by atoms with Gasteiger partial charge in [-0.15, -0.1) is 0 Å². The molecule has 2 aromatic carbocycles. The second-order valence-corrected chi connectivity index (χ2v) is 9.52. The minimum atomic E-state index is -0.485. The van der Waals surface area contributed by atoms with Gasteiger partial charge in [0, 0.05) is 17.1 Å². The molecule has 0 aliphatic carbocycles. The molecule has 0 unspecified atom stereocenters. The lowest BCUT2D eigenvalue weighted by Crippen LogP contribution is -2.54. The standard InChI is InChI=1S/C28H29N3O2S/c1-16(2)21-8-11-23(12-9-21)31-27(33)25(26(32)29-28(31)34)15-22-14-19(5)30(20(22)6)24-10-7-17(3)18(4)13-24/h7-16H,1-6H3,(H,29,32,34)/b25-15+. The van der Waals surface area contributed by atoms with Crippen LogP contribution >= 0.6 is 12.2 Å². The molecule has 1 fully saturated rings. The number of aromatic nitrogens is 1. The first-order valence-corrected chi connectivity index (χ1v) is 11.8. The lowest BCUT2D eigenvalue weighted by Gasteiger charge is -2.29. The molecule has 34 heavy (non-hydrogen) atoms. The molecule has 3 aromatic rings. The van der Waals surface area contributed by atoms with Crippen LogP contribution in [0.4, 0.5) is 5.69 Å². The Morgan fingerprint density at radius 3 is 2.15 bits per heavy atom. The van der Waals surface area contributed by atoms with Gasteiger partial charge in [0.25, 0.3) is 11.8 Å². The van der Waals surface area contributed by atoms with E-state index in [0.717, 1.165) is 28.2 Å². The van der Waals surface area contributed by atoms with E-state index in [1.165, 1.54) is 16.0 Å². The van der Waals surface area contributed by atoms with Gasteiger partial charge in [-0.2, -0.15) is 0 Å². The number of aryl methyl sites for hydroxylation is 3. The Bertz CT molecular complexity index is 1350. The number of hydrogen-bond donors (Lipinski definition) is 1. The zero-order valence-corrected chi connectivity index (χ0v) is 21.2. The maximum Gasteiger partial charge on any atom is 0.270 e. The number of amides is 2. The van der Waals surface area contributed by atoms with E-state index in [9.17, 15) is 9.59 Å². The molecule has 174 valence electrons. The van der Waals surface area contributed by atoms with E-state index in [-0.39, 0.29) is 10.7 Å². The Balaban J connectivity index is 1.73. The van der Waals surface area contributed by atoms with Gasteiger partial charge in [0.15, 0.2) is 5.11 Å². The highest BCUT2D eigenvalue weighted by molar-refractivity contribution is 7.80. The van der Waals surface area contributed by atoms with Crippen molar-refractivity contribution >= 4 is 40.9 Å². The van der Waals surface area contributed by atoms with Gasteiger partial charge in [0.05, 0.1) is 5.69 Å². The summed E-state index contributed by atoms with van der Waals surface area (Å²) in [5.41, 5.74) is 8.13. The second kappa shape index (κ2) is 9.03. The molecule has 2 amide bonds. The number of anilines is 1. The van der Waals surface area contributed by atoms with E-state index < -0.39 is 11.8 Å². The van der Waals surface area contributed by atoms with Crippen LogP contribution in [0, 0.1) is 27.7 Å². The van der Waals surface area contributed by atoms with Crippen LogP contribution in [0.2, 0.25) is 0 Å². The number of benzene rings is 2. The summed E-state index contributed by atoms with van der Waals surface area (Å²) >= 11 is 5.34. The van der Waals surface area contributed by atoms with Crippen LogP contribution < -0.4 is 10.2 Å². The molecular formula is C28H29N3O2S. The molecule has 2 heterocycles. The molecule has 0 radical (unpaired) electrons. The zero-order valence-electron chi connectivity index (χ0n) is 20.4. The van der Waals surface area contributed by atoms with Crippen molar-refractivity contribution in [2.75, 3.05) is 4.90 Å². The van der Waals surface area contributed by atoms with Crippen molar-refractivity contribution < 1.29 is 9.59 Å². The van der Waals surface area contributed by atoms with Crippen molar-refractivity contribution in [3.05, 3.63) is 87.7 Å². The molecule has 1 aliphatic heterocycles. The third-order valence-corrected chi connectivity index (χ3v) is 6.72. The summed E-state index contributed by atoms with van der Waals surface area (Å²) in [7, 11) is 0. The number of nitrogens with one attached hydrogen (secondary N) is 1. The van der Waals surface area contributed by atoms with Crippen LogP contribution in [0.5, 0.6) is 0 Å². The zero-order chi connectivity index (χ0) is 24.7. The quantitative estimate of drug-likeness (QED) is 0.303. The van der Waals surface area contributed by atoms with E-state index >= 15 is 0 Å². The maximum atomic E-state index is 13.4. The molecule has 1 aromatic heterocycles. The van der Waals surface area contributed by atoms with E-state index in [1.807, 2.05) is 44.2 Å². The Morgan fingerprint density at radius 2 is 1.53 bits per heavy atom. The van der Waals surface area contributed by atoms with Gasteiger partial charge in [-0.05, 0) is 104 Å². The topological polar surface area (TPSA) is 54.3 Å². The van der Waals surface area contributed by atoms with E-state index in [0.29, 0.717) is 11.6 Å². The normalized spacial score (nSPS) is 15.4. The number of rotatable bonds is 4. The van der Waals surface area contributed by atoms with Crippen molar-refractivity contribution in [2.24, 2.45) is 0 Å². The predicted molar refractivity (Wildman–Crippen MR) is 141 cm³/mol. The molecule has 5 nitrogen and oxygen atoms in total. The summed E-state index contributed by atoms with van der Waals surface area (Å²) in [6.45, 7) is 12.4. The molecular weight excluding hydrogens is 442 g/mol. The molecule has 4 rings (SSSR count). The number of nitrogens with zero attached hydrogens (tertiary/aromatic N) is 2. The Kier molecular flexibility index (Phi) is 6.28. The fourth-order valence-electron chi connectivity index (χ4n) is 4.25. The van der Waals surface area contributed by atoms with Crippen LogP contribution in [0.1, 0.15) is 53.4 Å². The molecule has 1 saturated heterocycles. The predicted octanol–water partition coefficient (Wildman–Crippen LogP) is 5.67. The third-order valence-electron chi connectivity index (χ3n) is 6.44. The maximum absolute atomic E-state index is 13.4. The largest absolute Gasteiger partial charge is 0.318 e. The summed E-state index contributed by atoms with van der Waals surface area (Å²) in [6.07, 6.45) is 1.66. The van der Waals surface area contributed by atoms with Gasteiger partial charge < -0.3 is 4.57 Å². The van der Waals surface area contributed by atoms with Crippen molar-refractivity contribution in [1.29, 1.82) is 0 Å². The van der Waals surface area contributed by atoms with Gasteiger partial charge in [-0.25, -0.2) is 0 Å². The molecule has 1 N–H and O–H groups in total. The second-order valence-electron chi connectivity index (χ2n) is 9.13.